The molecule has 0 saturated carbocycles. The molecular formula is C31H35N3O2S. The number of nitrogens with zero attached hydrogens (tertiary/aromatic N) is 3. The molecule has 0 aliphatic carbocycles. The molecule has 4 aromatic rings. The molecule has 0 spiro atoms. The first-order valence-electron chi connectivity index (χ1n) is 13.2. The molecule has 0 radical (unpaired) electrons. The van der Waals surface area contributed by atoms with Gasteiger partial charge in [-0.15, -0.1) is 11.3 Å². The normalized spacial score (nSPS) is 15.9. The largest absolute Gasteiger partial charge is 0.494 e. The van der Waals surface area contributed by atoms with Gasteiger partial charge < -0.3 is 9.64 Å². The fourth-order valence-corrected chi connectivity index (χ4v) is 6.14. The molecule has 1 fully saturated rings. The maximum atomic E-state index is 13.1. The highest BCUT2D eigenvalue weighted by molar-refractivity contribution is 7.12. The van der Waals surface area contributed by atoms with Crippen LogP contribution in [0.3, 0.4) is 0 Å². The first kappa shape index (κ1) is 25.4. The summed E-state index contributed by atoms with van der Waals surface area (Å²) in [6, 6.07) is 21.2. The Morgan fingerprint density at radius 2 is 1.95 bits per heavy atom. The van der Waals surface area contributed by atoms with E-state index in [4.69, 9.17) is 4.74 Å². The number of benzene rings is 2. The first-order chi connectivity index (χ1) is 18.1. The third kappa shape index (κ3) is 6.20. The third-order valence-corrected chi connectivity index (χ3v) is 8.22. The van der Waals surface area contributed by atoms with E-state index in [1.807, 2.05) is 30.6 Å². The quantitative estimate of drug-likeness (QED) is 0.250. The van der Waals surface area contributed by atoms with Gasteiger partial charge >= 0.3 is 0 Å². The number of hydrogen-bond acceptors (Lipinski definition) is 5. The Bertz CT molecular complexity index is 1330. The predicted octanol–water partition coefficient (Wildman–Crippen LogP) is 6.70. The SMILES string of the molecule is Cc1ccsc1C(=O)N1CCCC[C@@H]1CCOc1ccc(CN(C)Cc2cccc3ncccc23)cc1. The van der Waals surface area contributed by atoms with Crippen LogP contribution in [0.25, 0.3) is 10.9 Å². The molecule has 2 aromatic heterocycles. The van der Waals surface area contributed by atoms with Gasteiger partial charge in [0.2, 0.25) is 0 Å². The second kappa shape index (κ2) is 11.9. The van der Waals surface area contributed by atoms with Gasteiger partial charge in [-0.3, -0.25) is 14.7 Å². The fraction of sp³-hybridized carbons (Fsp3) is 0.355. The number of piperidine rings is 1. The molecule has 1 amide bonds. The molecular weight excluding hydrogens is 478 g/mol. The lowest BCUT2D eigenvalue weighted by molar-refractivity contribution is 0.0585. The van der Waals surface area contributed by atoms with E-state index in [1.54, 1.807) is 11.3 Å². The van der Waals surface area contributed by atoms with E-state index in [9.17, 15) is 4.79 Å². The van der Waals surface area contributed by atoms with Crippen LogP contribution in [0.5, 0.6) is 5.75 Å². The Morgan fingerprint density at radius 1 is 1.08 bits per heavy atom. The molecule has 192 valence electrons. The van der Waals surface area contributed by atoms with E-state index in [-0.39, 0.29) is 11.9 Å². The summed E-state index contributed by atoms with van der Waals surface area (Å²) >= 11 is 1.55. The van der Waals surface area contributed by atoms with Crippen molar-refractivity contribution in [3.05, 3.63) is 93.8 Å². The number of fused-ring (bicyclic) bond motifs is 1. The number of likely N-dealkylation sites (tertiary alicyclic amines) is 1. The molecule has 0 N–H and O–H groups in total. The number of aromatic nitrogens is 1. The summed E-state index contributed by atoms with van der Waals surface area (Å²) in [5, 5.41) is 3.22. The Hall–Kier alpha value is -3.22. The van der Waals surface area contributed by atoms with Gasteiger partial charge in [0.25, 0.3) is 5.91 Å². The molecule has 1 atom stereocenters. The zero-order chi connectivity index (χ0) is 25.6. The van der Waals surface area contributed by atoms with Gasteiger partial charge in [-0.05, 0) is 85.6 Å². The van der Waals surface area contributed by atoms with Crippen molar-refractivity contribution in [1.29, 1.82) is 0 Å². The molecule has 2 aromatic carbocycles. The third-order valence-electron chi connectivity index (χ3n) is 7.22. The monoisotopic (exact) mass is 513 g/mol. The summed E-state index contributed by atoms with van der Waals surface area (Å²) in [7, 11) is 2.15. The molecule has 1 saturated heterocycles. The van der Waals surface area contributed by atoms with Crippen LogP contribution in [0, 0.1) is 6.92 Å². The number of carbonyl (C=O) groups is 1. The summed E-state index contributed by atoms with van der Waals surface area (Å²) in [5.41, 5.74) is 4.66. The van der Waals surface area contributed by atoms with Gasteiger partial charge in [0.1, 0.15) is 5.75 Å². The first-order valence-corrected chi connectivity index (χ1v) is 14.0. The average molecular weight is 514 g/mol. The van der Waals surface area contributed by atoms with Crippen LogP contribution >= 0.6 is 11.3 Å². The number of ether oxygens (including phenoxy) is 1. The smallest absolute Gasteiger partial charge is 0.264 e. The van der Waals surface area contributed by atoms with Crippen molar-refractivity contribution in [1.82, 2.24) is 14.8 Å². The van der Waals surface area contributed by atoms with Crippen LogP contribution in [0.1, 0.15) is 52.0 Å². The van der Waals surface area contributed by atoms with Crippen LogP contribution < -0.4 is 4.74 Å². The molecule has 1 aliphatic rings. The Kier molecular flexibility index (Phi) is 8.17. The predicted molar refractivity (Wildman–Crippen MR) is 151 cm³/mol. The van der Waals surface area contributed by atoms with Gasteiger partial charge in [0, 0.05) is 43.7 Å². The molecule has 1 aliphatic heterocycles. The number of aryl methyl sites for hydroxylation is 1. The van der Waals surface area contributed by atoms with Crippen LogP contribution in [0.2, 0.25) is 0 Å². The highest BCUT2D eigenvalue weighted by Crippen LogP contribution is 2.26. The van der Waals surface area contributed by atoms with Gasteiger partial charge in [-0.2, -0.15) is 0 Å². The van der Waals surface area contributed by atoms with Crippen LogP contribution in [0.15, 0.2) is 72.2 Å². The van der Waals surface area contributed by atoms with Gasteiger partial charge in [-0.1, -0.05) is 30.3 Å². The van der Waals surface area contributed by atoms with E-state index in [0.717, 1.165) is 60.6 Å². The van der Waals surface area contributed by atoms with Crippen molar-refractivity contribution in [3.8, 4) is 5.75 Å². The van der Waals surface area contributed by atoms with E-state index >= 15 is 0 Å². The van der Waals surface area contributed by atoms with Gasteiger partial charge in [0.05, 0.1) is 17.0 Å². The maximum absolute atomic E-state index is 13.1. The lowest BCUT2D eigenvalue weighted by Gasteiger charge is -2.35. The average Bonchev–Trinajstić information content (AvgIpc) is 3.35. The Morgan fingerprint density at radius 3 is 2.76 bits per heavy atom. The van der Waals surface area contributed by atoms with Crippen LogP contribution in [0.4, 0.5) is 0 Å². The van der Waals surface area contributed by atoms with Gasteiger partial charge in [-0.25, -0.2) is 0 Å². The van der Waals surface area contributed by atoms with E-state index < -0.39 is 0 Å². The number of amides is 1. The fourth-order valence-electron chi connectivity index (χ4n) is 5.26. The lowest BCUT2D eigenvalue weighted by Crippen LogP contribution is -2.44. The topological polar surface area (TPSA) is 45.7 Å². The number of pyridine rings is 1. The molecule has 37 heavy (non-hydrogen) atoms. The van der Waals surface area contributed by atoms with Crippen molar-refractivity contribution in [2.24, 2.45) is 0 Å². The van der Waals surface area contributed by atoms with E-state index in [2.05, 4.69) is 70.4 Å². The molecule has 6 heteroatoms. The number of rotatable bonds is 9. The number of hydrogen-bond donors (Lipinski definition) is 0. The zero-order valence-corrected chi connectivity index (χ0v) is 22.5. The summed E-state index contributed by atoms with van der Waals surface area (Å²) < 4.78 is 6.10. The standard InChI is InChI=1S/C31H35N3O2S/c1-23-16-20-37-30(23)31(35)34-18-4-3-8-26(34)15-19-36-27-13-11-24(12-14-27)21-33(2)22-25-7-5-10-29-28(25)9-6-17-32-29/h5-7,9-14,16-17,20,26H,3-4,8,15,18-19,21-22H2,1-2H3/t26-/m1/s1. The molecule has 5 rings (SSSR count). The minimum absolute atomic E-state index is 0.186. The summed E-state index contributed by atoms with van der Waals surface area (Å²) in [4.78, 5) is 22.9. The van der Waals surface area contributed by atoms with Crippen molar-refractivity contribution < 1.29 is 9.53 Å². The maximum Gasteiger partial charge on any atom is 0.264 e. The molecule has 5 nitrogen and oxygen atoms in total. The summed E-state index contributed by atoms with van der Waals surface area (Å²) in [6.07, 6.45) is 6.02. The minimum atomic E-state index is 0.186. The highest BCUT2D eigenvalue weighted by Gasteiger charge is 2.28. The van der Waals surface area contributed by atoms with E-state index in [0.29, 0.717) is 6.61 Å². The molecule has 0 bridgehead atoms. The van der Waals surface area contributed by atoms with Crippen LogP contribution in [-0.4, -0.2) is 46.9 Å². The number of carbonyl (C=O) groups excluding carboxylic acids is 1. The Balaban J connectivity index is 1.12. The van der Waals surface area contributed by atoms with Crippen molar-refractivity contribution in [3.63, 3.8) is 0 Å². The van der Waals surface area contributed by atoms with Crippen molar-refractivity contribution in [2.45, 2.75) is 51.7 Å². The number of thiophene rings is 1. The minimum Gasteiger partial charge on any atom is -0.494 e. The second-order valence-electron chi connectivity index (χ2n) is 10.0. The summed E-state index contributed by atoms with van der Waals surface area (Å²) in [6.45, 7) is 5.21. The second-order valence-corrected chi connectivity index (χ2v) is 10.9. The van der Waals surface area contributed by atoms with Crippen molar-refractivity contribution >= 4 is 28.1 Å². The van der Waals surface area contributed by atoms with Crippen LogP contribution in [-0.2, 0) is 13.1 Å². The molecule has 3 heterocycles. The van der Waals surface area contributed by atoms with Gasteiger partial charge in [0.15, 0.2) is 0 Å². The molecule has 0 unspecified atom stereocenters. The van der Waals surface area contributed by atoms with E-state index in [1.165, 1.54) is 22.9 Å². The zero-order valence-electron chi connectivity index (χ0n) is 21.7. The lowest BCUT2D eigenvalue weighted by atomic mass is 9.99. The van der Waals surface area contributed by atoms with Crippen molar-refractivity contribution in [2.75, 3.05) is 20.2 Å². The highest BCUT2D eigenvalue weighted by atomic mass is 32.1. The Labute approximate surface area is 223 Å². The summed E-state index contributed by atoms with van der Waals surface area (Å²) in [5.74, 6) is 1.07.